The third-order valence-electron chi connectivity index (χ3n) is 9.66. The van der Waals surface area contributed by atoms with Crippen LogP contribution < -0.4 is 4.90 Å². The van der Waals surface area contributed by atoms with Crippen molar-refractivity contribution in [1.82, 2.24) is 0 Å². The van der Waals surface area contributed by atoms with Gasteiger partial charge in [-0.25, -0.2) is 0 Å². The first-order valence-electron chi connectivity index (χ1n) is 15.6. The van der Waals surface area contributed by atoms with Crippen LogP contribution in [0.5, 0.6) is 0 Å². The molecule has 9 rings (SSSR count). The van der Waals surface area contributed by atoms with Gasteiger partial charge in [0, 0.05) is 42.6 Å². The van der Waals surface area contributed by atoms with Gasteiger partial charge in [0.2, 0.25) is 0 Å². The number of nitrogens with zero attached hydrogens (tertiary/aromatic N) is 1. The van der Waals surface area contributed by atoms with Gasteiger partial charge >= 0.3 is 0 Å². The normalized spacial score (nSPS) is 13.3. The summed E-state index contributed by atoms with van der Waals surface area (Å²) in [5.41, 5.74) is 11.3. The van der Waals surface area contributed by atoms with Crippen molar-refractivity contribution in [3.8, 4) is 22.3 Å². The maximum absolute atomic E-state index is 2.40. The summed E-state index contributed by atoms with van der Waals surface area (Å²) in [5, 5.41) is 5.32. The molecule has 0 unspecified atom stereocenters. The second-order valence-corrected chi connectivity index (χ2v) is 13.7. The Hall–Kier alpha value is -5.18. The van der Waals surface area contributed by atoms with Crippen LogP contribution in [0.25, 0.3) is 53.2 Å². The Bertz CT molecular complexity index is 2400. The number of para-hydroxylation sites is 1. The summed E-state index contributed by atoms with van der Waals surface area (Å²) in [6.07, 6.45) is 0. The molecule has 0 amide bonds. The minimum atomic E-state index is -0.0516. The molecule has 0 saturated carbocycles. The minimum Gasteiger partial charge on any atom is -0.310 e. The molecule has 1 nitrogen and oxygen atoms in total. The highest BCUT2D eigenvalue weighted by atomic mass is 32.1. The van der Waals surface area contributed by atoms with Crippen LogP contribution >= 0.6 is 11.3 Å². The lowest BCUT2D eigenvalue weighted by Crippen LogP contribution is -2.16. The summed E-state index contributed by atoms with van der Waals surface area (Å²) in [4.78, 5) is 2.38. The van der Waals surface area contributed by atoms with Gasteiger partial charge in [0.1, 0.15) is 0 Å². The van der Waals surface area contributed by atoms with E-state index in [-0.39, 0.29) is 5.41 Å². The Morgan fingerprint density at radius 2 is 1.13 bits per heavy atom. The number of thiophene rings is 1. The van der Waals surface area contributed by atoms with Crippen LogP contribution in [0.3, 0.4) is 0 Å². The average Bonchev–Trinajstić information content (AvgIpc) is 3.58. The first-order valence-corrected chi connectivity index (χ1v) is 16.4. The Morgan fingerprint density at radius 1 is 0.467 bits per heavy atom. The monoisotopic (exact) mass is 593 g/mol. The lowest BCUT2D eigenvalue weighted by Gasteiger charge is -2.28. The smallest absolute Gasteiger partial charge is 0.0465 e. The van der Waals surface area contributed by atoms with Crippen LogP contribution in [0.1, 0.15) is 25.0 Å². The van der Waals surface area contributed by atoms with Gasteiger partial charge in [-0.05, 0) is 98.8 Å². The van der Waals surface area contributed by atoms with Gasteiger partial charge in [-0.1, -0.05) is 111 Å². The van der Waals surface area contributed by atoms with Gasteiger partial charge in [0.15, 0.2) is 0 Å². The Morgan fingerprint density at radius 3 is 2.00 bits per heavy atom. The van der Waals surface area contributed by atoms with Crippen LogP contribution in [0, 0.1) is 0 Å². The largest absolute Gasteiger partial charge is 0.310 e. The van der Waals surface area contributed by atoms with Crippen LogP contribution in [0.15, 0.2) is 152 Å². The highest BCUT2D eigenvalue weighted by molar-refractivity contribution is 7.26. The zero-order chi connectivity index (χ0) is 30.1. The summed E-state index contributed by atoms with van der Waals surface area (Å²) in [6.45, 7) is 4.69. The Kier molecular flexibility index (Phi) is 5.78. The lowest BCUT2D eigenvalue weighted by atomic mass is 9.82. The molecule has 0 spiro atoms. The van der Waals surface area contributed by atoms with E-state index < -0.39 is 0 Å². The van der Waals surface area contributed by atoms with E-state index in [0.717, 1.165) is 11.4 Å². The molecule has 8 aromatic rings. The van der Waals surface area contributed by atoms with Crippen molar-refractivity contribution in [2.75, 3.05) is 4.90 Å². The van der Waals surface area contributed by atoms with E-state index in [2.05, 4.69) is 170 Å². The van der Waals surface area contributed by atoms with Crippen molar-refractivity contribution >= 4 is 59.3 Å². The quantitative estimate of drug-likeness (QED) is 0.196. The van der Waals surface area contributed by atoms with E-state index in [0.29, 0.717) is 0 Å². The molecule has 1 aliphatic carbocycles. The number of rotatable bonds is 4. The molecule has 0 N–H and O–H groups in total. The highest BCUT2D eigenvalue weighted by Gasteiger charge is 2.35. The molecule has 7 aromatic carbocycles. The highest BCUT2D eigenvalue weighted by Crippen LogP contribution is 2.50. The molecule has 0 bridgehead atoms. The van der Waals surface area contributed by atoms with Gasteiger partial charge in [-0.2, -0.15) is 0 Å². The molecule has 214 valence electrons. The van der Waals surface area contributed by atoms with Crippen molar-refractivity contribution in [2.24, 2.45) is 0 Å². The predicted octanol–water partition coefficient (Wildman–Crippen LogP) is 12.7. The van der Waals surface area contributed by atoms with Crippen molar-refractivity contribution < 1.29 is 0 Å². The van der Waals surface area contributed by atoms with Gasteiger partial charge in [-0.15, -0.1) is 11.3 Å². The molecule has 0 fully saturated rings. The van der Waals surface area contributed by atoms with E-state index >= 15 is 0 Å². The number of anilines is 3. The summed E-state index contributed by atoms with van der Waals surface area (Å²) in [7, 11) is 0. The molecule has 1 aliphatic rings. The second-order valence-electron chi connectivity index (χ2n) is 12.6. The van der Waals surface area contributed by atoms with E-state index in [9.17, 15) is 0 Å². The predicted molar refractivity (Wildman–Crippen MR) is 195 cm³/mol. The molecule has 1 aromatic heterocycles. The molecule has 45 heavy (non-hydrogen) atoms. The molecule has 0 saturated heterocycles. The van der Waals surface area contributed by atoms with Gasteiger partial charge < -0.3 is 4.90 Å². The van der Waals surface area contributed by atoms with Crippen molar-refractivity contribution in [3.63, 3.8) is 0 Å². The van der Waals surface area contributed by atoms with Gasteiger partial charge in [0.25, 0.3) is 0 Å². The first-order chi connectivity index (χ1) is 22.1. The van der Waals surface area contributed by atoms with Gasteiger partial charge in [0.05, 0.1) is 0 Å². The average molecular weight is 594 g/mol. The minimum absolute atomic E-state index is 0.0516. The van der Waals surface area contributed by atoms with Crippen LogP contribution in [0.2, 0.25) is 0 Å². The standard InChI is InChI=1S/C43H31NS/c1-43(2)38-15-9-8-14-35(38)36-23-22-33(27-39(36)43)44(31-11-4-3-5-12-31)32-20-16-28(17-21-32)30-19-24-40-37(26-30)42-34-13-7-6-10-29(34)18-25-41(42)45-40/h3-27H,1-2H3. The van der Waals surface area contributed by atoms with E-state index in [1.54, 1.807) is 0 Å². The van der Waals surface area contributed by atoms with Gasteiger partial charge in [-0.3, -0.25) is 0 Å². The summed E-state index contributed by atoms with van der Waals surface area (Å²) < 4.78 is 2.67. The Balaban J connectivity index is 1.14. The van der Waals surface area contributed by atoms with Crippen LogP contribution in [-0.4, -0.2) is 0 Å². The number of fused-ring (bicyclic) bond motifs is 8. The van der Waals surface area contributed by atoms with Crippen molar-refractivity contribution in [2.45, 2.75) is 19.3 Å². The zero-order valence-electron chi connectivity index (χ0n) is 25.3. The molecule has 2 heteroatoms. The zero-order valence-corrected chi connectivity index (χ0v) is 26.1. The summed E-state index contributed by atoms with van der Waals surface area (Å²) >= 11 is 1.88. The maximum atomic E-state index is 2.40. The number of hydrogen-bond donors (Lipinski definition) is 0. The molecule has 0 radical (unpaired) electrons. The lowest BCUT2D eigenvalue weighted by molar-refractivity contribution is 0.660. The third kappa shape index (κ3) is 4.06. The van der Waals surface area contributed by atoms with Crippen molar-refractivity contribution in [1.29, 1.82) is 0 Å². The topological polar surface area (TPSA) is 3.24 Å². The number of hydrogen-bond acceptors (Lipinski definition) is 2. The fourth-order valence-electron chi connectivity index (χ4n) is 7.39. The fraction of sp³-hybridized carbons (Fsp3) is 0.0698. The maximum Gasteiger partial charge on any atom is 0.0465 e. The van der Waals surface area contributed by atoms with Crippen LogP contribution in [-0.2, 0) is 5.41 Å². The molecular weight excluding hydrogens is 563 g/mol. The number of benzene rings is 7. The SMILES string of the molecule is CC1(C)c2ccccc2-c2ccc(N(c3ccccc3)c3ccc(-c4ccc5sc6ccc7ccccc7c6c5c4)cc3)cc21. The van der Waals surface area contributed by atoms with E-state index in [4.69, 9.17) is 0 Å². The summed E-state index contributed by atoms with van der Waals surface area (Å²) in [6, 6.07) is 55.8. The molecule has 1 heterocycles. The van der Waals surface area contributed by atoms with E-state index in [1.165, 1.54) is 70.0 Å². The Labute approximate surface area is 267 Å². The molecular formula is C43H31NS. The van der Waals surface area contributed by atoms with Crippen LogP contribution in [0.4, 0.5) is 17.1 Å². The van der Waals surface area contributed by atoms with Crippen molar-refractivity contribution in [3.05, 3.63) is 163 Å². The van der Waals surface area contributed by atoms with E-state index in [1.807, 2.05) is 11.3 Å². The molecule has 0 atom stereocenters. The second kappa shape index (κ2) is 9.92. The molecule has 0 aliphatic heterocycles. The first kappa shape index (κ1) is 26.2. The summed E-state index contributed by atoms with van der Waals surface area (Å²) in [5.74, 6) is 0. The fourth-order valence-corrected chi connectivity index (χ4v) is 8.49. The third-order valence-corrected chi connectivity index (χ3v) is 10.8.